The highest BCUT2D eigenvalue weighted by Gasteiger charge is 2.14. The van der Waals surface area contributed by atoms with Crippen LogP contribution in [0.4, 0.5) is 0 Å². The van der Waals surface area contributed by atoms with Crippen molar-refractivity contribution in [3.63, 3.8) is 0 Å². The van der Waals surface area contributed by atoms with Crippen LogP contribution in [-0.4, -0.2) is 18.4 Å². The molecule has 1 atom stereocenters. The molecule has 0 saturated carbocycles. The Hall–Kier alpha value is -0.860. The summed E-state index contributed by atoms with van der Waals surface area (Å²) < 4.78 is 5.59. The maximum absolute atomic E-state index is 12.2. The van der Waals surface area contributed by atoms with Crippen LogP contribution in [0.15, 0.2) is 0 Å². The number of hydrogen-bond acceptors (Lipinski definition) is 3. The molecular weight excluding hydrogens is 492 g/mol. The average molecular weight is 564 g/mol. The smallest absolute Gasteiger partial charge is 0.306 e. The van der Waals surface area contributed by atoms with Gasteiger partial charge in [-0.3, -0.25) is 9.59 Å². The quantitative estimate of drug-likeness (QED) is 0.0577. The molecule has 0 saturated heterocycles. The van der Waals surface area contributed by atoms with Gasteiger partial charge in [0.05, 0.1) is 6.42 Å². The fourth-order valence-electron chi connectivity index (χ4n) is 5.75. The fourth-order valence-corrected chi connectivity index (χ4v) is 5.75. The van der Waals surface area contributed by atoms with Crippen molar-refractivity contribution in [1.82, 2.24) is 0 Å². The van der Waals surface area contributed by atoms with E-state index >= 15 is 0 Å². The average Bonchev–Trinajstić information content (AvgIpc) is 2.95. The standard InChI is InChI=1S/C37H71O3/c1-3-5-7-9-11-13-14-15-16-17-18-19-20-21-22-23-24-25-27-29-31-33-37(39)40-36(34-35-38)32-30-28-26-12-10-8-6-4-2/h36H,3-34H2,1-2H3. The van der Waals surface area contributed by atoms with Gasteiger partial charge in [-0.1, -0.05) is 187 Å². The molecule has 0 rings (SSSR count). The molecule has 3 heteroatoms. The van der Waals surface area contributed by atoms with E-state index < -0.39 is 0 Å². The third-order valence-electron chi connectivity index (χ3n) is 8.47. The van der Waals surface area contributed by atoms with E-state index in [0.717, 1.165) is 25.7 Å². The van der Waals surface area contributed by atoms with Gasteiger partial charge in [-0.15, -0.1) is 0 Å². The Morgan fingerprint density at radius 2 is 0.775 bits per heavy atom. The van der Waals surface area contributed by atoms with Crippen molar-refractivity contribution in [1.29, 1.82) is 0 Å². The molecular formula is C37H71O3. The van der Waals surface area contributed by atoms with Crippen molar-refractivity contribution in [3.05, 3.63) is 0 Å². The van der Waals surface area contributed by atoms with Gasteiger partial charge in [-0.05, 0) is 19.3 Å². The first-order valence-electron chi connectivity index (χ1n) is 18.3. The van der Waals surface area contributed by atoms with E-state index in [1.807, 2.05) is 6.29 Å². The minimum Gasteiger partial charge on any atom is -0.462 e. The van der Waals surface area contributed by atoms with Gasteiger partial charge in [-0.25, -0.2) is 0 Å². The number of hydrogen-bond donors (Lipinski definition) is 0. The lowest BCUT2D eigenvalue weighted by Crippen LogP contribution is -2.18. The Balaban J connectivity index is 3.40. The molecule has 0 bridgehead atoms. The summed E-state index contributed by atoms with van der Waals surface area (Å²) in [5.41, 5.74) is 0. The van der Waals surface area contributed by atoms with Gasteiger partial charge in [0.25, 0.3) is 0 Å². The summed E-state index contributed by atoms with van der Waals surface area (Å²) in [6.07, 6.45) is 41.9. The van der Waals surface area contributed by atoms with Crippen LogP contribution in [0.5, 0.6) is 0 Å². The van der Waals surface area contributed by atoms with Crippen LogP contribution in [0.3, 0.4) is 0 Å². The summed E-state index contributed by atoms with van der Waals surface area (Å²) in [6.45, 7) is 4.54. The third kappa shape index (κ3) is 31.7. The first kappa shape index (κ1) is 39.1. The third-order valence-corrected chi connectivity index (χ3v) is 8.47. The van der Waals surface area contributed by atoms with Crippen molar-refractivity contribution in [3.8, 4) is 0 Å². The SMILES string of the molecule is CCCCCCCCCCCCCCCCCCCCCCCC(=O)OC(C[C]=O)CCCCCCCCCC. The molecule has 40 heavy (non-hydrogen) atoms. The van der Waals surface area contributed by atoms with Crippen LogP contribution in [0, 0.1) is 0 Å². The van der Waals surface area contributed by atoms with Crippen molar-refractivity contribution in [2.75, 3.05) is 0 Å². The van der Waals surface area contributed by atoms with E-state index in [4.69, 9.17) is 4.74 Å². The minimum absolute atomic E-state index is 0.127. The van der Waals surface area contributed by atoms with Crippen molar-refractivity contribution in [2.24, 2.45) is 0 Å². The Bertz CT molecular complexity index is 504. The van der Waals surface area contributed by atoms with Crippen molar-refractivity contribution in [2.45, 2.75) is 225 Å². The molecule has 0 aliphatic heterocycles. The van der Waals surface area contributed by atoms with Crippen molar-refractivity contribution >= 4 is 12.3 Å². The van der Waals surface area contributed by atoms with E-state index in [9.17, 15) is 9.59 Å². The second-order valence-corrected chi connectivity index (χ2v) is 12.5. The number of ether oxygens (including phenoxy) is 1. The summed E-state index contributed by atoms with van der Waals surface area (Å²) in [6, 6.07) is 0. The molecule has 0 aromatic carbocycles. The van der Waals surface area contributed by atoms with Crippen LogP contribution in [0.1, 0.15) is 219 Å². The van der Waals surface area contributed by atoms with Crippen LogP contribution >= 0.6 is 0 Å². The Kier molecular flexibility index (Phi) is 33.6. The monoisotopic (exact) mass is 564 g/mol. The Morgan fingerprint density at radius 3 is 1.10 bits per heavy atom. The van der Waals surface area contributed by atoms with E-state index in [1.165, 1.54) is 167 Å². The normalized spacial score (nSPS) is 12.1. The van der Waals surface area contributed by atoms with Gasteiger partial charge in [0.2, 0.25) is 6.29 Å². The molecule has 0 N–H and O–H groups in total. The molecule has 1 unspecified atom stereocenters. The lowest BCUT2D eigenvalue weighted by atomic mass is 10.0. The number of carbonyl (C=O) groups excluding carboxylic acids is 2. The maximum atomic E-state index is 12.2. The number of rotatable bonds is 34. The molecule has 0 aliphatic rings. The minimum atomic E-state index is -0.264. The summed E-state index contributed by atoms with van der Waals surface area (Å²) in [7, 11) is 0. The Morgan fingerprint density at radius 1 is 0.475 bits per heavy atom. The molecule has 0 fully saturated rings. The molecule has 0 spiro atoms. The molecule has 1 radical (unpaired) electrons. The van der Waals surface area contributed by atoms with Crippen LogP contribution < -0.4 is 0 Å². The number of esters is 1. The topological polar surface area (TPSA) is 43.4 Å². The summed E-state index contributed by atoms with van der Waals surface area (Å²) in [5, 5.41) is 0. The zero-order chi connectivity index (χ0) is 29.2. The molecule has 0 aromatic rings. The van der Waals surface area contributed by atoms with Gasteiger partial charge < -0.3 is 4.74 Å². The highest BCUT2D eigenvalue weighted by molar-refractivity contribution is 5.69. The largest absolute Gasteiger partial charge is 0.462 e. The zero-order valence-electron chi connectivity index (χ0n) is 27.4. The predicted molar refractivity (Wildman–Crippen MR) is 175 cm³/mol. The molecule has 0 aromatic heterocycles. The van der Waals surface area contributed by atoms with Crippen LogP contribution in [0.25, 0.3) is 0 Å². The summed E-state index contributed by atoms with van der Waals surface area (Å²) in [5.74, 6) is -0.127. The zero-order valence-corrected chi connectivity index (χ0v) is 27.4. The van der Waals surface area contributed by atoms with Crippen LogP contribution in [0.2, 0.25) is 0 Å². The molecule has 0 aliphatic carbocycles. The van der Waals surface area contributed by atoms with Gasteiger partial charge in [0.15, 0.2) is 0 Å². The van der Waals surface area contributed by atoms with E-state index in [1.54, 1.807) is 0 Å². The molecule has 3 nitrogen and oxygen atoms in total. The lowest BCUT2D eigenvalue weighted by molar-refractivity contribution is -0.149. The molecule has 0 heterocycles. The first-order chi connectivity index (χ1) is 19.7. The summed E-state index contributed by atoms with van der Waals surface area (Å²) in [4.78, 5) is 23.1. The van der Waals surface area contributed by atoms with Gasteiger partial charge in [0, 0.05) is 6.42 Å². The van der Waals surface area contributed by atoms with Gasteiger partial charge in [-0.2, -0.15) is 0 Å². The van der Waals surface area contributed by atoms with E-state index in [2.05, 4.69) is 13.8 Å². The highest BCUT2D eigenvalue weighted by atomic mass is 16.5. The number of carbonyl (C=O) groups is 1. The van der Waals surface area contributed by atoms with Crippen molar-refractivity contribution < 1.29 is 14.3 Å². The second-order valence-electron chi connectivity index (χ2n) is 12.5. The van der Waals surface area contributed by atoms with Crippen LogP contribution in [-0.2, 0) is 14.3 Å². The molecule has 237 valence electrons. The lowest BCUT2D eigenvalue weighted by Gasteiger charge is -2.15. The maximum Gasteiger partial charge on any atom is 0.306 e. The predicted octanol–water partition coefficient (Wildman–Crippen LogP) is 12.5. The summed E-state index contributed by atoms with van der Waals surface area (Å²) >= 11 is 0. The van der Waals surface area contributed by atoms with Gasteiger partial charge in [0.1, 0.15) is 6.10 Å². The second kappa shape index (κ2) is 34.3. The Labute approximate surface area is 251 Å². The fraction of sp³-hybridized carbons (Fsp3) is 0.946. The number of unbranched alkanes of at least 4 members (excludes halogenated alkanes) is 27. The molecule has 0 amide bonds. The highest BCUT2D eigenvalue weighted by Crippen LogP contribution is 2.17. The first-order valence-corrected chi connectivity index (χ1v) is 18.3. The van der Waals surface area contributed by atoms with E-state index in [-0.39, 0.29) is 18.5 Å². The van der Waals surface area contributed by atoms with E-state index in [0.29, 0.717) is 6.42 Å². The van der Waals surface area contributed by atoms with Gasteiger partial charge >= 0.3 is 5.97 Å².